The van der Waals surface area contributed by atoms with E-state index in [2.05, 4.69) is 4.98 Å². The molecule has 0 spiro atoms. The molecule has 0 fully saturated rings. The molecule has 0 unspecified atom stereocenters. The Hall–Kier alpha value is -2.62. The van der Waals surface area contributed by atoms with Crippen molar-refractivity contribution in [3.63, 3.8) is 0 Å². The molecule has 3 aromatic rings. The van der Waals surface area contributed by atoms with Crippen LogP contribution in [0.25, 0.3) is 11.0 Å². The fourth-order valence-electron chi connectivity index (χ4n) is 2.26. The van der Waals surface area contributed by atoms with Crippen LogP contribution in [0.1, 0.15) is 11.1 Å². The topological polar surface area (TPSA) is 54.9 Å². The number of aryl methyl sites for hydroxylation is 1. The van der Waals surface area contributed by atoms with E-state index in [4.69, 9.17) is 0 Å². The number of benzene rings is 2. The number of para-hydroxylation sites is 2. The summed E-state index contributed by atoms with van der Waals surface area (Å²) in [5.74, 6) is 0. The van der Waals surface area contributed by atoms with E-state index in [-0.39, 0.29) is 0 Å². The van der Waals surface area contributed by atoms with Crippen LogP contribution < -0.4 is 11.1 Å². The van der Waals surface area contributed by atoms with Crippen LogP contribution in [-0.4, -0.2) is 9.55 Å². The molecule has 20 heavy (non-hydrogen) atoms. The summed E-state index contributed by atoms with van der Waals surface area (Å²) in [6.07, 6.45) is 0. The highest BCUT2D eigenvalue weighted by atomic mass is 16.2. The zero-order valence-corrected chi connectivity index (χ0v) is 11.1. The first-order valence-corrected chi connectivity index (χ1v) is 6.42. The van der Waals surface area contributed by atoms with E-state index in [9.17, 15) is 9.59 Å². The van der Waals surface area contributed by atoms with Crippen LogP contribution in [-0.2, 0) is 6.54 Å². The van der Waals surface area contributed by atoms with Gasteiger partial charge in [-0.2, -0.15) is 0 Å². The Labute approximate surface area is 115 Å². The minimum Gasteiger partial charge on any atom is -0.316 e. The predicted molar refractivity (Wildman–Crippen MR) is 79.1 cm³/mol. The van der Waals surface area contributed by atoms with Crippen LogP contribution in [0.2, 0.25) is 0 Å². The summed E-state index contributed by atoms with van der Waals surface area (Å²) in [4.78, 5) is 26.4. The van der Waals surface area contributed by atoms with E-state index in [1.807, 2.05) is 49.4 Å². The summed E-state index contributed by atoms with van der Waals surface area (Å²) in [5.41, 5.74) is 2.45. The second-order valence-electron chi connectivity index (χ2n) is 4.85. The summed E-state index contributed by atoms with van der Waals surface area (Å²) in [6, 6.07) is 15.2. The summed E-state index contributed by atoms with van der Waals surface area (Å²) < 4.78 is 1.51. The Morgan fingerprint density at radius 3 is 2.45 bits per heavy atom. The van der Waals surface area contributed by atoms with Gasteiger partial charge in [0.05, 0.1) is 17.6 Å². The fourth-order valence-corrected chi connectivity index (χ4v) is 2.26. The van der Waals surface area contributed by atoms with Gasteiger partial charge in [0, 0.05) is 0 Å². The first kappa shape index (κ1) is 12.4. The lowest BCUT2D eigenvalue weighted by Crippen LogP contribution is -2.36. The van der Waals surface area contributed by atoms with Crippen LogP contribution in [0.15, 0.2) is 58.1 Å². The van der Waals surface area contributed by atoms with Crippen molar-refractivity contribution in [2.45, 2.75) is 13.5 Å². The molecule has 0 saturated carbocycles. The molecule has 0 aliphatic rings. The molecule has 4 nitrogen and oxygen atoms in total. The Bertz CT molecular complexity index is 873. The van der Waals surface area contributed by atoms with Crippen molar-refractivity contribution in [1.82, 2.24) is 9.55 Å². The molecule has 0 saturated heterocycles. The van der Waals surface area contributed by atoms with Gasteiger partial charge in [-0.1, -0.05) is 42.0 Å². The van der Waals surface area contributed by atoms with Gasteiger partial charge in [-0.25, -0.2) is 0 Å². The zero-order chi connectivity index (χ0) is 14.1. The molecule has 2 aromatic carbocycles. The van der Waals surface area contributed by atoms with Crippen molar-refractivity contribution < 1.29 is 0 Å². The van der Waals surface area contributed by atoms with Crippen molar-refractivity contribution in [3.05, 3.63) is 80.4 Å². The highest BCUT2D eigenvalue weighted by Crippen LogP contribution is 2.10. The number of H-pyrrole nitrogens is 1. The summed E-state index contributed by atoms with van der Waals surface area (Å²) in [7, 11) is 0. The maximum absolute atomic E-state index is 12.1. The van der Waals surface area contributed by atoms with Gasteiger partial charge in [0.25, 0.3) is 0 Å². The maximum Gasteiger partial charge on any atom is 0.317 e. The minimum absolute atomic E-state index is 0.392. The zero-order valence-electron chi connectivity index (χ0n) is 11.1. The third kappa shape index (κ3) is 2.16. The third-order valence-corrected chi connectivity index (χ3v) is 3.34. The number of aromatic amines is 1. The number of aromatic nitrogens is 2. The van der Waals surface area contributed by atoms with Gasteiger partial charge in [-0.3, -0.25) is 14.2 Å². The number of hydrogen-bond donors (Lipinski definition) is 1. The summed E-state index contributed by atoms with van der Waals surface area (Å²) in [6.45, 7) is 2.40. The lowest BCUT2D eigenvalue weighted by atomic mass is 10.1. The third-order valence-electron chi connectivity index (χ3n) is 3.34. The first-order valence-electron chi connectivity index (χ1n) is 6.42. The van der Waals surface area contributed by atoms with E-state index < -0.39 is 11.1 Å². The van der Waals surface area contributed by atoms with Crippen molar-refractivity contribution in [3.8, 4) is 0 Å². The molecular weight excluding hydrogens is 252 g/mol. The second kappa shape index (κ2) is 4.81. The van der Waals surface area contributed by atoms with E-state index in [0.29, 0.717) is 12.1 Å². The van der Waals surface area contributed by atoms with Crippen LogP contribution in [0.3, 0.4) is 0 Å². The maximum atomic E-state index is 12.1. The Morgan fingerprint density at radius 1 is 1.00 bits per heavy atom. The van der Waals surface area contributed by atoms with Gasteiger partial charge in [0.15, 0.2) is 0 Å². The number of hydrogen-bond acceptors (Lipinski definition) is 2. The van der Waals surface area contributed by atoms with Crippen molar-refractivity contribution >= 4 is 11.0 Å². The van der Waals surface area contributed by atoms with E-state index in [0.717, 1.165) is 16.6 Å². The van der Waals surface area contributed by atoms with Gasteiger partial charge in [0.1, 0.15) is 0 Å². The van der Waals surface area contributed by atoms with Crippen molar-refractivity contribution in [1.29, 1.82) is 0 Å². The fraction of sp³-hybridized carbons (Fsp3) is 0.125. The number of fused-ring (bicyclic) bond motifs is 1. The average molecular weight is 266 g/mol. The molecule has 3 rings (SSSR count). The lowest BCUT2D eigenvalue weighted by molar-refractivity contribution is 0.776. The molecule has 1 N–H and O–H groups in total. The molecule has 1 heterocycles. The lowest BCUT2D eigenvalue weighted by Gasteiger charge is -2.09. The molecule has 0 amide bonds. The molecule has 4 heteroatoms. The molecule has 0 aliphatic carbocycles. The van der Waals surface area contributed by atoms with E-state index in [1.165, 1.54) is 4.57 Å². The molecule has 0 aliphatic heterocycles. The summed E-state index contributed by atoms with van der Waals surface area (Å²) in [5, 5.41) is 0. The SMILES string of the molecule is Cc1ccc(Cn2c(=O)c(=O)[nH]c3ccccc32)cc1. The van der Waals surface area contributed by atoms with Gasteiger partial charge in [0.2, 0.25) is 0 Å². The Balaban J connectivity index is 2.20. The van der Waals surface area contributed by atoms with Gasteiger partial charge < -0.3 is 4.98 Å². The number of nitrogens with zero attached hydrogens (tertiary/aromatic N) is 1. The monoisotopic (exact) mass is 266 g/mol. The summed E-state index contributed by atoms with van der Waals surface area (Å²) >= 11 is 0. The molecule has 0 radical (unpaired) electrons. The molecule has 0 atom stereocenters. The van der Waals surface area contributed by atoms with Gasteiger partial charge in [-0.15, -0.1) is 0 Å². The Morgan fingerprint density at radius 2 is 1.70 bits per heavy atom. The Kier molecular flexibility index (Phi) is 2.99. The van der Waals surface area contributed by atoms with Crippen LogP contribution in [0, 0.1) is 6.92 Å². The van der Waals surface area contributed by atoms with Crippen LogP contribution in [0.5, 0.6) is 0 Å². The second-order valence-corrected chi connectivity index (χ2v) is 4.85. The van der Waals surface area contributed by atoms with Crippen LogP contribution in [0.4, 0.5) is 0 Å². The van der Waals surface area contributed by atoms with E-state index in [1.54, 1.807) is 6.07 Å². The standard InChI is InChI=1S/C16H14N2O2/c1-11-6-8-12(9-7-11)10-18-14-5-3-2-4-13(14)17-15(19)16(18)20/h2-9H,10H2,1H3,(H,17,19). The number of rotatable bonds is 2. The molecular formula is C16H14N2O2. The quantitative estimate of drug-likeness (QED) is 0.722. The molecule has 1 aromatic heterocycles. The molecule has 100 valence electrons. The normalized spacial score (nSPS) is 10.8. The largest absolute Gasteiger partial charge is 0.317 e. The van der Waals surface area contributed by atoms with Gasteiger partial charge in [-0.05, 0) is 24.6 Å². The smallest absolute Gasteiger partial charge is 0.316 e. The highest BCUT2D eigenvalue weighted by Gasteiger charge is 2.07. The van der Waals surface area contributed by atoms with E-state index >= 15 is 0 Å². The van der Waals surface area contributed by atoms with Crippen molar-refractivity contribution in [2.24, 2.45) is 0 Å². The van der Waals surface area contributed by atoms with Crippen molar-refractivity contribution in [2.75, 3.05) is 0 Å². The highest BCUT2D eigenvalue weighted by molar-refractivity contribution is 5.74. The predicted octanol–water partition coefficient (Wildman–Crippen LogP) is 2.05. The first-order chi connectivity index (χ1) is 9.65. The number of nitrogens with one attached hydrogen (secondary N) is 1. The van der Waals surface area contributed by atoms with Gasteiger partial charge >= 0.3 is 11.1 Å². The van der Waals surface area contributed by atoms with Crippen LogP contribution >= 0.6 is 0 Å². The average Bonchev–Trinajstić information content (AvgIpc) is 2.46. The molecule has 0 bridgehead atoms. The minimum atomic E-state index is -0.587.